The third kappa shape index (κ3) is 8.49. The lowest BCUT2D eigenvalue weighted by molar-refractivity contribution is 0.332. The predicted molar refractivity (Wildman–Crippen MR) is 353 cm³/mol. The van der Waals surface area contributed by atoms with Gasteiger partial charge in [-0.1, -0.05) is 167 Å². The first-order valence-corrected chi connectivity index (χ1v) is 31.1. The Hall–Kier alpha value is -6.46. The largest absolute Gasteiger partial charge is 0.468 e. The van der Waals surface area contributed by atoms with Gasteiger partial charge in [0.15, 0.2) is 0 Å². The Morgan fingerprint density at radius 2 is 0.817 bits per heavy atom. The van der Waals surface area contributed by atoms with E-state index >= 15 is 0 Å². The van der Waals surface area contributed by atoms with Crippen molar-refractivity contribution in [2.45, 2.75) is 213 Å². The summed E-state index contributed by atoms with van der Waals surface area (Å²) >= 11 is 0. The summed E-state index contributed by atoms with van der Waals surface area (Å²) in [6.07, 6.45) is 6.93. The molecule has 0 unspecified atom stereocenters. The summed E-state index contributed by atoms with van der Waals surface area (Å²) < 4.78 is 7.78. The highest BCUT2D eigenvalue weighted by atomic mass is 16.3. The van der Waals surface area contributed by atoms with E-state index in [9.17, 15) is 0 Å². The highest BCUT2D eigenvalue weighted by Gasteiger charge is 2.49. The van der Waals surface area contributed by atoms with E-state index in [1.807, 2.05) is 0 Å². The van der Waals surface area contributed by atoms with Gasteiger partial charge in [-0.05, 0) is 235 Å². The van der Waals surface area contributed by atoms with Crippen LogP contribution in [0.1, 0.15) is 213 Å². The SMILES string of the molecule is Cc1cc2c3c(c1)N(c1ccc4c(c1)C(C)(C)CCC4(C)C)c1c(oc4cc5c(cc14)C(C)(C)CCC5(C)C)B3c1ccc(N(c3ccc(C(C)(C)C)cc3)c3ccc(C(C)(C)C)cc3)cc1N2c1ccc2c(c1)C(C)(C)CCC2(C)C. The van der Waals surface area contributed by atoms with Crippen LogP contribution in [0, 0.1) is 6.92 Å². The summed E-state index contributed by atoms with van der Waals surface area (Å²) in [4.78, 5) is 7.78. The summed E-state index contributed by atoms with van der Waals surface area (Å²) in [5, 5.41) is 1.20. The average molecular weight is 1080 g/mol. The number of furan rings is 1. The Morgan fingerprint density at radius 1 is 0.415 bits per heavy atom. The zero-order chi connectivity index (χ0) is 58.4. The Kier molecular flexibility index (Phi) is 11.9. The third-order valence-corrected chi connectivity index (χ3v) is 21.2. The monoisotopic (exact) mass is 1080 g/mol. The molecule has 13 rings (SSSR count). The molecule has 0 saturated heterocycles. The zero-order valence-electron chi connectivity index (χ0n) is 53.2. The molecule has 0 atom stereocenters. The lowest BCUT2D eigenvalue weighted by Crippen LogP contribution is -2.61. The highest BCUT2D eigenvalue weighted by Crippen LogP contribution is 2.55. The number of nitrogens with zero attached hydrogens (tertiary/aromatic N) is 3. The summed E-state index contributed by atoms with van der Waals surface area (Å²) in [5.41, 5.74) is 28.1. The van der Waals surface area contributed by atoms with Gasteiger partial charge in [-0.25, -0.2) is 0 Å². The maximum atomic E-state index is 7.78. The second-order valence-corrected chi connectivity index (χ2v) is 32.0. The van der Waals surface area contributed by atoms with E-state index in [1.54, 1.807) is 0 Å². The molecule has 0 N–H and O–H groups in total. The molecule has 0 spiro atoms. The molecule has 7 aromatic carbocycles. The minimum Gasteiger partial charge on any atom is -0.468 e. The van der Waals surface area contributed by atoms with Gasteiger partial charge >= 0.3 is 0 Å². The Labute approximate surface area is 492 Å². The van der Waals surface area contributed by atoms with Gasteiger partial charge in [-0.15, -0.1) is 0 Å². The predicted octanol–water partition coefficient (Wildman–Crippen LogP) is 19.9. The lowest BCUT2D eigenvalue weighted by Gasteiger charge is -2.45. The molecule has 3 aliphatic carbocycles. The topological polar surface area (TPSA) is 22.9 Å². The van der Waals surface area contributed by atoms with E-state index in [4.69, 9.17) is 4.42 Å². The van der Waals surface area contributed by atoms with Crippen LogP contribution in [-0.4, -0.2) is 6.71 Å². The first kappa shape index (κ1) is 54.8. The fourth-order valence-corrected chi connectivity index (χ4v) is 15.4. The van der Waals surface area contributed by atoms with Crippen molar-refractivity contribution in [2.75, 3.05) is 14.7 Å². The molecular formula is C77H90BN3O. The number of hydrogen-bond donors (Lipinski definition) is 0. The summed E-state index contributed by atoms with van der Waals surface area (Å²) in [7, 11) is 0. The van der Waals surface area contributed by atoms with Gasteiger partial charge in [0.2, 0.25) is 0 Å². The number of aryl methyl sites for hydroxylation is 1. The molecular weight excluding hydrogens is 994 g/mol. The first-order chi connectivity index (χ1) is 38.3. The molecule has 0 radical (unpaired) electrons. The molecule has 5 heteroatoms. The van der Waals surface area contributed by atoms with Crippen LogP contribution in [0.5, 0.6) is 0 Å². The van der Waals surface area contributed by atoms with E-state index in [-0.39, 0.29) is 50.0 Å². The molecule has 422 valence electrons. The van der Waals surface area contributed by atoms with Crippen molar-refractivity contribution in [1.82, 2.24) is 0 Å². The van der Waals surface area contributed by atoms with Gasteiger partial charge < -0.3 is 19.1 Å². The lowest BCUT2D eigenvalue weighted by atomic mass is 9.35. The van der Waals surface area contributed by atoms with Gasteiger partial charge in [-0.3, -0.25) is 0 Å². The molecule has 4 nitrogen and oxygen atoms in total. The van der Waals surface area contributed by atoms with Crippen LogP contribution in [0.3, 0.4) is 0 Å². The van der Waals surface area contributed by atoms with Crippen LogP contribution in [0.15, 0.2) is 132 Å². The fraction of sp³-hybridized carbons (Fsp3) is 0.429. The molecule has 0 fully saturated rings. The van der Waals surface area contributed by atoms with Gasteiger partial charge in [0.1, 0.15) is 5.58 Å². The summed E-state index contributed by atoms with van der Waals surface area (Å²) in [6.45, 7) is 45.4. The van der Waals surface area contributed by atoms with E-state index in [2.05, 4.69) is 274 Å². The average Bonchev–Trinajstić information content (AvgIpc) is 1.50. The Morgan fingerprint density at radius 3 is 1.28 bits per heavy atom. The van der Waals surface area contributed by atoms with Crippen molar-refractivity contribution in [3.05, 3.63) is 177 Å². The Bertz CT molecular complexity index is 3860. The minimum absolute atomic E-state index is 0.0161. The maximum absolute atomic E-state index is 7.78. The van der Waals surface area contributed by atoms with Gasteiger partial charge in [0, 0.05) is 50.9 Å². The molecule has 1 aromatic heterocycles. The van der Waals surface area contributed by atoms with Gasteiger partial charge in [0.05, 0.1) is 11.3 Å². The van der Waals surface area contributed by atoms with Crippen LogP contribution in [0.2, 0.25) is 0 Å². The molecule has 0 saturated carbocycles. The van der Waals surface area contributed by atoms with Crippen LogP contribution in [0.25, 0.3) is 11.0 Å². The Balaban J connectivity index is 1.12. The molecule has 82 heavy (non-hydrogen) atoms. The summed E-state index contributed by atoms with van der Waals surface area (Å²) in [5.74, 6) is 0. The van der Waals surface area contributed by atoms with Crippen LogP contribution < -0.4 is 31.3 Å². The van der Waals surface area contributed by atoms with Crippen molar-refractivity contribution < 1.29 is 4.42 Å². The van der Waals surface area contributed by atoms with E-state index < -0.39 is 0 Å². The van der Waals surface area contributed by atoms with Crippen molar-refractivity contribution in [3.63, 3.8) is 0 Å². The van der Waals surface area contributed by atoms with Crippen molar-refractivity contribution in [3.8, 4) is 0 Å². The van der Waals surface area contributed by atoms with E-state index in [1.165, 1.54) is 113 Å². The molecule has 5 aliphatic rings. The molecule has 2 aliphatic heterocycles. The number of anilines is 9. The maximum Gasteiger partial charge on any atom is 0.297 e. The number of hydrogen-bond acceptors (Lipinski definition) is 4. The van der Waals surface area contributed by atoms with Crippen LogP contribution in [0.4, 0.5) is 51.2 Å². The standard InChI is InChI=1S/C77H90BN3O/c1-47-40-64-67-65(41-47)81(53-29-32-57-59(43-53)75(14,15)37-35-73(57,10)11)68-55-45-60-61(77(18,19)39-38-76(60,16)17)46-66(55)82-69(68)78(67)62-33-30-54(44-63(62)80(64)52-28-31-56-58(42-52)74(12,13)36-34-72(56,8)9)79(50-24-20-48(21-25-50)70(2,3)4)51-26-22-49(23-27-51)71(5,6)7/h20-33,40-46H,34-39H2,1-19H3. The fourth-order valence-electron chi connectivity index (χ4n) is 15.4. The van der Waals surface area contributed by atoms with Crippen LogP contribution in [-0.2, 0) is 43.3 Å². The third-order valence-electron chi connectivity index (χ3n) is 21.2. The smallest absolute Gasteiger partial charge is 0.297 e. The van der Waals surface area contributed by atoms with E-state index in [0.29, 0.717) is 0 Å². The number of rotatable bonds is 5. The normalized spacial score (nSPS) is 19.4. The number of benzene rings is 7. The van der Waals surface area contributed by atoms with Crippen LogP contribution >= 0.6 is 0 Å². The van der Waals surface area contributed by atoms with Gasteiger partial charge in [0.25, 0.3) is 6.71 Å². The quantitative estimate of drug-likeness (QED) is 0.160. The molecule has 0 amide bonds. The zero-order valence-corrected chi connectivity index (χ0v) is 53.2. The van der Waals surface area contributed by atoms with Crippen molar-refractivity contribution in [2.24, 2.45) is 0 Å². The van der Waals surface area contributed by atoms with Crippen molar-refractivity contribution in [1.29, 1.82) is 0 Å². The second kappa shape index (κ2) is 17.8. The molecule has 3 heterocycles. The molecule has 0 bridgehead atoms. The first-order valence-electron chi connectivity index (χ1n) is 31.1. The highest BCUT2D eigenvalue weighted by molar-refractivity contribution is 7.00. The molecule has 8 aromatic rings. The minimum atomic E-state index is -0.186. The van der Waals surface area contributed by atoms with Crippen molar-refractivity contribution >= 4 is 85.5 Å². The summed E-state index contributed by atoms with van der Waals surface area (Å²) in [6, 6.07) is 51.0. The van der Waals surface area contributed by atoms with E-state index in [0.717, 1.165) is 54.0 Å². The van der Waals surface area contributed by atoms with Gasteiger partial charge in [-0.2, -0.15) is 0 Å². The second-order valence-electron chi connectivity index (χ2n) is 32.0. The number of fused-ring (bicyclic) bond motifs is 9.